The third kappa shape index (κ3) is 3.03. The topological polar surface area (TPSA) is 55.1 Å². The number of carbonyl (C=O) groups excluding carboxylic acids is 1. The summed E-state index contributed by atoms with van der Waals surface area (Å²) in [7, 11) is 0. The highest BCUT2D eigenvalue weighted by atomic mass is 19.1. The second kappa shape index (κ2) is 5.61. The molecule has 0 aliphatic rings. The van der Waals surface area contributed by atoms with Crippen LogP contribution in [0.2, 0.25) is 0 Å². The molecule has 0 saturated heterocycles. The van der Waals surface area contributed by atoms with Crippen LogP contribution in [-0.4, -0.2) is 12.5 Å². The highest BCUT2D eigenvalue weighted by molar-refractivity contribution is 5.92. The molecule has 3 N–H and O–H groups in total. The van der Waals surface area contributed by atoms with Crippen LogP contribution < -0.4 is 11.1 Å². The smallest absolute Gasteiger partial charge is 0.228 e. The number of carbonyl (C=O) groups is 1. The summed E-state index contributed by atoms with van der Waals surface area (Å²) in [5.74, 6) is -0.578. The molecule has 1 aromatic rings. The Balaban J connectivity index is 2.73. The average molecular weight is 224 g/mol. The second-order valence-corrected chi connectivity index (χ2v) is 3.79. The van der Waals surface area contributed by atoms with Crippen molar-refractivity contribution in [1.29, 1.82) is 0 Å². The maximum atomic E-state index is 13.0. The van der Waals surface area contributed by atoms with Gasteiger partial charge in [0, 0.05) is 12.2 Å². The molecule has 1 aromatic carbocycles. The summed E-state index contributed by atoms with van der Waals surface area (Å²) in [6, 6.07) is 4.49. The Labute approximate surface area is 94.8 Å². The number of nitrogens with one attached hydrogen (secondary N) is 1. The molecule has 0 saturated carbocycles. The zero-order chi connectivity index (χ0) is 12.1. The molecular formula is C12H17FN2O. The maximum absolute atomic E-state index is 13.0. The number of anilines is 1. The van der Waals surface area contributed by atoms with Crippen molar-refractivity contribution in [2.45, 2.75) is 20.3 Å². The van der Waals surface area contributed by atoms with Crippen LogP contribution in [0, 0.1) is 18.7 Å². The molecule has 0 spiro atoms. The third-order valence-corrected chi connectivity index (χ3v) is 2.57. The number of hydrogen-bond acceptors (Lipinski definition) is 2. The molecule has 1 rings (SSSR count). The Morgan fingerprint density at radius 3 is 2.75 bits per heavy atom. The summed E-state index contributed by atoms with van der Waals surface area (Å²) in [6.07, 6.45) is 0.697. The lowest BCUT2D eigenvalue weighted by Crippen LogP contribution is -2.28. The van der Waals surface area contributed by atoms with Crippen LogP contribution in [0.4, 0.5) is 10.1 Å². The number of amides is 1. The Morgan fingerprint density at radius 2 is 2.25 bits per heavy atom. The standard InChI is InChI=1S/C12H17FN2O/c1-3-9(7-14)12(16)15-10-4-5-11(13)8(2)6-10/h4-6,9H,3,7,14H2,1-2H3,(H,15,16). The van der Waals surface area contributed by atoms with Gasteiger partial charge in [0.15, 0.2) is 0 Å². The predicted octanol–water partition coefficient (Wildman–Crippen LogP) is 2.06. The lowest BCUT2D eigenvalue weighted by molar-refractivity contribution is -0.119. The Kier molecular flexibility index (Phi) is 4.43. The van der Waals surface area contributed by atoms with Crippen molar-refractivity contribution in [1.82, 2.24) is 0 Å². The summed E-state index contributed by atoms with van der Waals surface area (Å²) in [5.41, 5.74) is 6.59. The normalized spacial score (nSPS) is 12.2. The van der Waals surface area contributed by atoms with Gasteiger partial charge >= 0.3 is 0 Å². The Hall–Kier alpha value is -1.42. The minimum atomic E-state index is -0.274. The maximum Gasteiger partial charge on any atom is 0.228 e. The van der Waals surface area contributed by atoms with Gasteiger partial charge in [0.1, 0.15) is 5.82 Å². The molecule has 1 unspecified atom stereocenters. The van der Waals surface area contributed by atoms with Gasteiger partial charge < -0.3 is 11.1 Å². The molecule has 0 bridgehead atoms. The molecule has 0 aliphatic carbocycles. The van der Waals surface area contributed by atoms with Crippen molar-refractivity contribution in [2.75, 3.05) is 11.9 Å². The number of rotatable bonds is 4. The molecule has 0 fully saturated rings. The lowest BCUT2D eigenvalue weighted by atomic mass is 10.1. The van der Waals surface area contributed by atoms with E-state index in [2.05, 4.69) is 5.32 Å². The highest BCUT2D eigenvalue weighted by Crippen LogP contribution is 2.15. The minimum Gasteiger partial charge on any atom is -0.330 e. The largest absolute Gasteiger partial charge is 0.330 e. The van der Waals surface area contributed by atoms with Gasteiger partial charge in [-0.05, 0) is 37.1 Å². The van der Waals surface area contributed by atoms with Crippen LogP contribution in [-0.2, 0) is 4.79 Å². The van der Waals surface area contributed by atoms with Gasteiger partial charge in [0.05, 0.1) is 5.92 Å². The summed E-state index contributed by atoms with van der Waals surface area (Å²) in [4.78, 5) is 11.7. The molecule has 1 atom stereocenters. The Bertz CT molecular complexity index is 375. The van der Waals surface area contributed by atoms with Gasteiger partial charge in [-0.15, -0.1) is 0 Å². The fourth-order valence-electron chi connectivity index (χ4n) is 1.43. The third-order valence-electron chi connectivity index (χ3n) is 2.57. The van der Waals surface area contributed by atoms with E-state index in [1.807, 2.05) is 6.92 Å². The first-order valence-corrected chi connectivity index (χ1v) is 5.35. The number of nitrogens with two attached hydrogens (primary N) is 1. The molecule has 0 aliphatic heterocycles. The second-order valence-electron chi connectivity index (χ2n) is 3.79. The molecule has 4 heteroatoms. The Morgan fingerprint density at radius 1 is 1.56 bits per heavy atom. The first-order chi connectivity index (χ1) is 7.58. The zero-order valence-electron chi connectivity index (χ0n) is 9.59. The van der Waals surface area contributed by atoms with Crippen LogP contribution in [0.5, 0.6) is 0 Å². The summed E-state index contributed by atoms with van der Waals surface area (Å²) < 4.78 is 13.0. The summed E-state index contributed by atoms with van der Waals surface area (Å²) in [6.45, 7) is 3.89. The van der Waals surface area contributed by atoms with Crippen molar-refractivity contribution < 1.29 is 9.18 Å². The minimum absolute atomic E-state index is 0.115. The SMILES string of the molecule is CCC(CN)C(=O)Nc1ccc(F)c(C)c1. The molecular weight excluding hydrogens is 207 g/mol. The van der Waals surface area contributed by atoms with Gasteiger partial charge in [0.2, 0.25) is 5.91 Å². The van der Waals surface area contributed by atoms with Crippen molar-refractivity contribution in [3.05, 3.63) is 29.6 Å². The number of aryl methyl sites for hydroxylation is 1. The lowest BCUT2D eigenvalue weighted by Gasteiger charge is -2.13. The van der Waals surface area contributed by atoms with Gasteiger partial charge in [-0.25, -0.2) is 4.39 Å². The van der Waals surface area contributed by atoms with Crippen molar-refractivity contribution in [3.8, 4) is 0 Å². The number of hydrogen-bond donors (Lipinski definition) is 2. The molecule has 0 aromatic heterocycles. The first-order valence-electron chi connectivity index (χ1n) is 5.35. The molecule has 1 amide bonds. The summed E-state index contributed by atoms with van der Waals surface area (Å²) >= 11 is 0. The van der Waals surface area contributed by atoms with E-state index in [4.69, 9.17) is 5.73 Å². The van der Waals surface area contributed by atoms with E-state index in [1.165, 1.54) is 6.07 Å². The molecule has 0 radical (unpaired) electrons. The number of halogens is 1. The van der Waals surface area contributed by atoms with Crippen molar-refractivity contribution in [2.24, 2.45) is 11.7 Å². The van der Waals surface area contributed by atoms with Crippen LogP contribution in [0.15, 0.2) is 18.2 Å². The fraction of sp³-hybridized carbons (Fsp3) is 0.417. The van der Waals surface area contributed by atoms with Gasteiger partial charge in [-0.3, -0.25) is 4.79 Å². The van der Waals surface area contributed by atoms with Gasteiger partial charge in [-0.2, -0.15) is 0 Å². The monoisotopic (exact) mass is 224 g/mol. The summed E-state index contributed by atoms with van der Waals surface area (Å²) in [5, 5.41) is 2.73. The van der Waals surface area contributed by atoms with Crippen molar-refractivity contribution in [3.63, 3.8) is 0 Å². The molecule has 16 heavy (non-hydrogen) atoms. The zero-order valence-corrected chi connectivity index (χ0v) is 9.59. The molecule has 88 valence electrons. The van der Waals surface area contributed by atoms with Gasteiger partial charge in [-0.1, -0.05) is 6.92 Å². The van der Waals surface area contributed by atoms with E-state index >= 15 is 0 Å². The average Bonchev–Trinajstić information content (AvgIpc) is 2.25. The van der Waals surface area contributed by atoms with Crippen molar-refractivity contribution >= 4 is 11.6 Å². The number of benzene rings is 1. The van der Waals surface area contributed by atoms with E-state index < -0.39 is 0 Å². The predicted molar refractivity (Wildman–Crippen MR) is 62.6 cm³/mol. The van der Waals surface area contributed by atoms with E-state index in [1.54, 1.807) is 19.1 Å². The van der Waals surface area contributed by atoms with E-state index in [0.717, 1.165) is 0 Å². The quantitative estimate of drug-likeness (QED) is 0.822. The van der Waals surface area contributed by atoms with Crippen LogP contribution in [0.25, 0.3) is 0 Å². The van der Waals surface area contributed by atoms with Crippen LogP contribution in [0.1, 0.15) is 18.9 Å². The van der Waals surface area contributed by atoms with E-state index in [9.17, 15) is 9.18 Å². The van der Waals surface area contributed by atoms with E-state index in [0.29, 0.717) is 24.2 Å². The van der Waals surface area contributed by atoms with Crippen LogP contribution >= 0.6 is 0 Å². The molecule has 0 heterocycles. The van der Waals surface area contributed by atoms with E-state index in [-0.39, 0.29) is 17.6 Å². The highest BCUT2D eigenvalue weighted by Gasteiger charge is 2.14. The fourth-order valence-corrected chi connectivity index (χ4v) is 1.43. The molecule has 3 nitrogen and oxygen atoms in total. The van der Waals surface area contributed by atoms with Gasteiger partial charge in [0.25, 0.3) is 0 Å². The first kappa shape index (κ1) is 12.6. The van der Waals surface area contributed by atoms with Crippen LogP contribution in [0.3, 0.4) is 0 Å².